The van der Waals surface area contributed by atoms with Crippen LogP contribution in [-0.4, -0.2) is 34.5 Å². The lowest BCUT2D eigenvalue weighted by Crippen LogP contribution is -2.51. The fraction of sp³-hybridized carbons (Fsp3) is 0.889. The van der Waals surface area contributed by atoms with Crippen molar-refractivity contribution < 1.29 is 9.53 Å². The Morgan fingerprint density at radius 3 is 2.50 bits per heavy atom. The Hall–Kier alpha value is 0.01000. The third-order valence-corrected chi connectivity index (χ3v) is 3.14. The number of ether oxygens (including phenoxy) is 1. The molecular weight excluding hydrogens is 225 g/mol. The molecule has 1 amide bonds. The Morgan fingerprint density at radius 1 is 1.50 bits per heavy atom. The lowest BCUT2D eigenvalue weighted by Gasteiger charge is -2.37. The SMILES string of the molecule is CC(C)C1(C)OCCN1C(=O)C(Cl)Cl. The number of carbonyl (C=O) groups is 1. The van der Waals surface area contributed by atoms with Gasteiger partial charge in [-0.3, -0.25) is 4.79 Å². The summed E-state index contributed by atoms with van der Waals surface area (Å²) in [5.41, 5.74) is -0.570. The molecule has 3 nitrogen and oxygen atoms in total. The number of hydrogen-bond acceptors (Lipinski definition) is 2. The summed E-state index contributed by atoms with van der Waals surface area (Å²) in [5, 5.41) is 0. The summed E-state index contributed by atoms with van der Waals surface area (Å²) in [4.78, 5) is 12.3. The molecule has 0 aromatic heterocycles. The van der Waals surface area contributed by atoms with Gasteiger partial charge in [0.25, 0.3) is 5.91 Å². The van der Waals surface area contributed by atoms with Crippen molar-refractivity contribution in [3.8, 4) is 0 Å². The lowest BCUT2D eigenvalue weighted by atomic mass is 10.0. The van der Waals surface area contributed by atoms with Gasteiger partial charge in [0, 0.05) is 12.5 Å². The molecular formula is C9H15Cl2NO2. The van der Waals surface area contributed by atoms with Gasteiger partial charge in [-0.2, -0.15) is 0 Å². The van der Waals surface area contributed by atoms with Crippen LogP contribution < -0.4 is 0 Å². The normalized spacial score (nSPS) is 27.8. The van der Waals surface area contributed by atoms with Gasteiger partial charge in [-0.05, 0) is 6.92 Å². The van der Waals surface area contributed by atoms with Gasteiger partial charge in [0.15, 0.2) is 4.84 Å². The minimum atomic E-state index is -1.00. The molecule has 1 rings (SSSR count). The summed E-state index contributed by atoms with van der Waals surface area (Å²) in [7, 11) is 0. The predicted octanol–water partition coefficient (Wildman–Crippen LogP) is 2.02. The first-order valence-electron chi connectivity index (χ1n) is 4.63. The maximum atomic E-state index is 11.6. The Balaban J connectivity index is 2.83. The van der Waals surface area contributed by atoms with Crippen molar-refractivity contribution in [1.29, 1.82) is 0 Å². The second-order valence-electron chi connectivity index (χ2n) is 3.85. The fourth-order valence-corrected chi connectivity index (χ4v) is 1.80. The maximum absolute atomic E-state index is 11.6. The molecule has 14 heavy (non-hydrogen) atoms. The van der Waals surface area contributed by atoms with E-state index in [1.165, 1.54) is 0 Å². The molecule has 1 aliphatic rings. The minimum Gasteiger partial charge on any atom is -0.354 e. The van der Waals surface area contributed by atoms with E-state index in [0.29, 0.717) is 13.2 Å². The number of nitrogens with zero attached hydrogens (tertiary/aromatic N) is 1. The van der Waals surface area contributed by atoms with Crippen LogP contribution in [-0.2, 0) is 9.53 Å². The summed E-state index contributed by atoms with van der Waals surface area (Å²) in [6.07, 6.45) is 0. The molecule has 1 fully saturated rings. The van der Waals surface area contributed by atoms with E-state index in [-0.39, 0.29) is 11.8 Å². The van der Waals surface area contributed by atoms with Crippen LogP contribution >= 0.6 is 23.2 Å². The zero-order valence-electron chi connectivity index (χ0n) is 8.59. The van der Waals surface area contributed by atoms with E-state index >= 15 is 0 Å². The van der Waals surface area contributed by atoms with Crippen molar-refractivity contribution in [2.24, 2.45) is 5.92 Å². The number of alkyl halides is 2. The molecule has 1 aliphatic heterocycles. The lowest BCUT2D eigenvalue weighted by molar-refractivity contribution is -0.152. The van der Waals surface area contributed by atoms with Crippen molar-refractivity contribution in [2.75, 3.05) is 13.2 Å². The quantitative estimate of drug-likeness (QED) is 0.691. The van der Waals surface area contributed by atoms with Gasteiger partial charge in [-0.25, -0.2) is 0 Å². The van der Waals surface area contributed by atoms with Crippen molar-refractivity contribution in [1.82, 2.24) is 4.90 Å². The Kier molecular flexibility index (Phi) is 3.67. The molecule has 82 valence electrons. The summed E-state index contributed by atoms with van der Waals surface area (Å²) in [6, 6.07) is 0. The van der Waals surface area contributed by atoms with Crippen molar-refractivity contribution >= 4 is 29.1 Å². The highest BCUT2D eigenvalue weighted by atomic mass is 35.5. The number of rotatable bonds is 2. The second-order valence-corrected chi connectivity index (χ2v) is 4.94. The summed E-state index contributed by atoms with van der Waals surface area (Å²) < 4.78 is 5.57. The highest BCUT2D eigenvalue weighted by molar-refractivity contribution is 6.53. The molecule has 0 aromatic carbocycles. The van der Waals surface area contributed by atoms with Gasteiger partial charge >= 0.3 is 0 Å². The van der Waals surface area contributed by atoms with Crippen LogP contribution in [0.5, 0.6) is 0 Å². The molecule has 0 aromatic rings. The van der Waals surface area contributed by atoms with Gasteiger partial charge in [0.05, 0.1) is 6.61 Å². The van der Waals surface area contributed by atoms with Crippen LogP contribution in [0.4, 0.5) is 0 Å². The van der Waals surface area contributed by atoms with Crippen molar-refractivity contribution in [2.45, 2.75) is 31.3 Å². The van der Waals surface area contributed by atoms with E-state index in [2.05, 4.69) is 0 Å². The van der Waals surface area contributed by atoms with E-state index in [0.717, 1.165) is 0 Å². The first-order chi connectivity index (χ1) is 6.39. The highest BCUT2D eigenvalue weighted by Crippen LogP contribution is 2.32. The van der Waals surface area contributed by atoms with E-state index in [1.54, 1.807) is 4.90 Å². The van der Waals surface area contributed by atoms with Gasteiger partial charge in [-0.15, -0.1) is 0 Å². The Morgan fingerprint density at radius 2 is 2.07 bits per heavy atom. The van der Waals surface area contributed by atoms with Crippen molar-refractivity contribution in [3.63, 3.8) is 0 Å². The zero-order chi connectivity index (χ0) is 10.9. The molecule has 0 N–H and O–H groups in total. The highest BCUT2D eigenvalue weighted by Gasteiger charge is 2.44. The molecule has 1 atom stereocenters. The van der Waals surface area contributed by atoms with E-state index in [1.807, 2.05) is 20.8 Å². The maximum Gasteiger partial charge on any atom is 0.258 e. The van der Waals surface area contributed by atoms with Crippen LogP contribution in [0.25, 0.3) is 0 Å². The predicted molar refractivity (Wildman–Crippen MR) is 56.4 cm³/mol. The summed E-state index contributed by atoms with van der Waals surface area (Å²) in [6.45, 7) is 7.00. The smallest absolute Gasteiger partial charge is 0.258 e. The monoisotopic (exact) mass is 239 g/mol. The van der Waals surface area contributed by atoms with Gasteiger partial charge in [0.1, 0.15) is 5.72 Å². The van der Waals surface area contributed by atoms with Gasteiger partial charge < -0.3 is 9.64 Å². The molecule has 0 saturated carbocycles. The first kappa shape index (κ1) is 12.1. The zero-order valence-corrected chi connectivity index (χ0v) is 10.1. The number of carbonyl (C=O) groups excluding carboxylic acids is 1. The molecule has 0 aliphatic carbocycles. The average molecular weight is 240 g/mol. The van der Waals surface area contributed by atoms with Crippen LogP contribution in [0.15, 0.2) is 0 Å². The number of halogens is 2. The number of hydrogen-bond donors (Lipinski definition) is 0. The average Bonchev–Trinajstić information content (AvgIpc) is 2.47. The third kappa shape index (κ3) is 2.00. The summed E-state index contributed by atoms with van der Waals surface area (Å²) in [5.74, 6) is -0.0666. The molecule has 5 heteroatoms. The van der Waals surface area contributed by atoms with Crippen LogP contribution in [0.3, 0.4) is 0 Å². The molecule has 0 spiro atoms. The standard InChI is InChI=1S/C9H15Cl2NO2/c1-6(2)9(3)12(4-5-14-9)8(13)7(10)11/h6-7H,4-5H2,1-3H3. The molecule has 1 heterocycles. The van der Waals surface area contributed by atoms with E-state index in [4.69, 9.17) is 27.9 Å². The Bertz CT molecular complexity index is 233. The van der Waals surface area contributed by atoms with Crippen LogP contribution in [0.2, 0.25) is 0 Å². The second kappa shape index (κ2) is 4.25. The van der Waals surface area contributed by atoms with E-state index in [9.17, 15) is 4.79 Å². The number of amides is 1. The molecule has 0 bridgehead atoms. The van der Waals surface area contributed by atoms with Gasteiger partial charge in [0.2, 0.25) is 0 Å². The molecule has 1 saturated heterocycles. The molecule has 0 radical (unpaired) electrons. The minimum absolute atomic E-state index is 0.209. The molecule has 1 unspecified atom stereocenters. The van der Waals surface area contributed by atoms with Crippen LogP contribution in [0, 0.1) is 5.92 Å². The largest absolute Gasteiger partial charge is 0.354 e. The first-order valence-corrected chi connectivity index (χ1v) is 5.50. The fourth-order valence-electron chi connectivity index (χ4n) is 1.57. The topological polar surface area (TPSA) is 29.5 Å². The van der Waals surface area contributed by atoms with Gasteiger partial charge in [-0.1, -0.05) is 37.0 Å². The summed E-state index contributed by atoms with van der Waals surface area (Å²) >= 11 is 11.1. The third-order valence-electron chi connectivity index (χ3n) is 2.77. The Labute approximate surface area is 94.3 Å². The van der Waals surface area contributed by atoms with Crippen LogP contribution in [0.1, 0.15) is 20.8 Å². The van der Waals surface area contributed by atoms with Crippen molar-refractivity contribution in [3.05, 3.63) is 0 Å². The van der Waals surface area contributed by atoms with E-state index < -0.39 is 10.6 Å².